The molecule has 0 radical (unpaired) electrons. The normalized spacial score (nSPS) is 16.3. The van der Waals surface area contributed by atoms with Crippen LogP contribution in [0.15, 0.2) is 71.9 Å². The third-order valence-corrected chi connectivity index (χ3v) is 5.36. The molecule has 1 amide bonds. The Bertz CT molecular complexity index is 1050. The van der Waals surface area contributed by atoms with Crippen molar-refractivity contribution in [2.24, 2.45) is 0 Å². The van der Waals surface area contributed by atoms with E-state index in [1.54, 1.807) is 31.0 Å². The van der Waals surface area contributed by atoms with Crippen LogP contribution in [0, 0.1) is 0 Å². The van der Waals surface area contributed by atoms with Crippen LogP contribution >= 0.6 is 12.2 Å². The molecule has 7 heteroatoms. The maximum Gasteiger partial charge on any atom is 0.338 e. The molecular weight excluding hydrogens is 410 g/mol. The zero-order chi connectivity index (χ0) is 22.4. The Hall–Kier alpha value is -3.45. The van der Waals surface area contributed by atoms with Crippen molar-refractivity contribution in [2.45, 2.75) is 19.9 Å². The summed E-state index contributed by atoms with van der Waals surface area (Å²) in [5.74, 6) is -0.641. The summed E-state index contributed by atoms with van der Waals surface area (Å²) in [6.45, 7) is 3.89. The number of benzene rings is 2. The first-order valence-electron chi connectivity index (χ1n) is 9.97. The minimum absolute atomic E-state index is 0.245. The van der Waals surface area contributed by atoms with Gasteiger partial charge < -0.3 is 20.3 Å². The minimum atomic E-state index is -0.473. The van der Waals surface area contributed by atoms with Crippen molar-refractivity contribution in [3.05, 3.63) is 83.1 Å². The number of allylic oxidation sites excluding steroid dienone is 1. The highest BCUT2D eigenvalue weighted by Crippen LogP contribution is 2.31. The second-order valence-electron chi connectivity index (χ2n) is 7.02. The molecule has 2 aromatic carbocycles. The molecule has 0 fully saturated rings. The standard InChI is InChI=1S/C24H25N3O3S/c1-4-30-23(29)21-16(2)27(3)24(31)26-22(21)18-11-8-12-19(15-18)25-20(28)14-13-17-9-6-5-7-10-17/h5-15,22H,4H2,1-3H3,(H,25,28)(H,26,31)/b14-13+. The number of anilines is 1. The molecule has 1 heterocycles. The van der Waals surface area contributed by atoms with Crippen LogP contribution in [0.1, 0.15) is 31.0 Å². The van der Waals surface area contributed by atoms with Gasteiger partial charge in [0.25, 0.3) is 0 Å². The molecular formula is C24H25N3O3S. The van der Waals surface area contributed by atoms with Crippen molar-refractivity contribution in [1.82, 2.24) is 10.2 Å². The van der Waals surface area contributed by atoms with Gasteiger partial charge in [-0.1, -0.05) is 42.5 Å². The number of hydrogen-bond acceptors (Lipinski definition) is 4. The van der Waals surface area contributed by atoms with E-state index in [-0.39, 0.29) is 12.5 Å². The van der Waals surface area contributed by atoms with Gasteiger partial charge in [-0.3, -0.25) is 4.79 Å². The third-order valence-electron chi connectivity index (χ3n) is 4.96. The summed E-state index contributed by atoms with van der Waals surface area (Å²) in [4.78, 5) is 26.8. The van der Waals surface area contributed by atoms with Crippen molar-refractivity contribution in [3.63, 3.8) is 0 Å². The van der Waals surface area contributed by atoms with E-state index < -0.39 is 12.0 Å². The second-order valence-corrected chi connectivity index (χ2v) is 7.41. The Kier molecular flexibility index (Phi) is 7.20. The molecule has 2 aromatic rings. The molecule has 160 valence electrons. The predicted octanol–water partition coefficient (Wildman–Crippen LogP) is 4.04. The monoisotopic (exact) mass is 435 g/mol. The highest BCUT2D eigenvalue weighted by atomic mass is 32.1. The molecule has 31 heavy (non-hydrogen) atoms. The van der Waals surface area contributed by atoms with Gasteiger partial charge in [-0.25, -0.2) is 4.79 Å². The average molecular weight is 436 g/mol. The van der Waals surface area contributed by atoms with E-state index in [4.69, 9.17) is 17.0 Å². The highest BCUT2D eigenvalue weighted by molar-refractivity contribution is 7.80. The van der Waals surface area contributed by atoms with Crippen molar-refractivity contribution < 1.29 is 14.3 Å². The Morgan fingerprint density at radius 1 is 1.19 bits per heavy atom. The number of thiocarbonyl (C=S) groups is 1. The molecule has 0 saturated carbocycles. The largest absolute Gasteiger partial charge is 0.463 e. The fourth-order valence-electron chi connectivity index (χ4n) is 3.27. The van der Waals surface area contributed by atoms with Crippen LogP contribution < -0.4 is 10.6 Å². The fraction of sp³-hybridized carbons (Fsp3) is 0.208. The highest BCUT2D eigenvalue weighted by Gasteiger charge is 2.33. The first-order chi connectivity index (χ1) is 14.9. The number of rotatable bonds is 6. The SMILES string of the molecule is CCOC(=O)C1=C(C)N(C)C(=S)NC1c1cccc(NC(=O)/C=C/c2ccccc2)c1. The number of amides is 1. The summed E-state index contributed by atoms with van der Waals surface area (Å²) < 4.78 is 5.27. The molecule has 0 aliphatic carbocycles. The van der Waals surface area contributed by atoms with Gasteiger partial charge in [-0.05, 0) is 55.4 Å². The Labute approximate surface area is 187 Å². The molecule has 2 N–H and O–H groups in total. The van der Waals surface area contributed by atoms with Gasteiger partial charge in [0.05, 0.1) is 18.2 Å². The summed E-state index contributed by atoms with van der Waals surface area (Å²) in [6.07, 6.45) is 3.24. The summed E-state index contributed by atoms with van der Waals surface area (Å²) in [6, 6.07) is 16.5. The van der Waals surface area contributed by atoms with E-state index in [9.17, 15) is 9.59 Å². The van der Waals surface area contributed by atoms with Crippen molar-refractivity contribution in [2.75, 3.05) is 19.0 Å². The predicted molar refractivity (Wildman–Crippen MR) is 126 cm³/mol. The van der Waals surface area contributed by atoms with Gasteiger partial charge in [0.15, 0.2) is 5.11 Å². The lowest BCUT2D eigenvalue weighted by Gasteiger charge is -2.35. The van der Waals surface area contributed by atoms with Gasteiger partial charge in [0, 0.05) is 24.5 Å². The van der Waals surface area contributed by atoms with E-state index in [2.05, 4.69) is 10.6 Å². The van der Waals surface area contributed by atoms with Crippen LogP contribution in [-0.4, -0.2) is 35.5 Å². The minimum Gasteiger partial charge on any atom is -0.463 e. The van der Waals surface area contributed by atoms with Crippen LogP contribution in [0.2, 0.25) is 0 Å². The van der Waals surface area contributed by atoms with Crippen LogP contribution in [0.4, 0.5) is 5.69 Å². The van der Waals surface area contributed by atoms with Crippen molar-refractivity contribution in [3.8, 4) is 0 Å². The molecule has 3 rings (SSSR count). The molecule has 0 saturated heterocycles. The molecule has 1 aliphatic heterocycles. The Morgan fingerprint density at radius 2 is 1.94 bits per heavy atom. The summed E-state index contributed by atoms with van der Waals surface area (Å²) in [5, 5.41) is 6.57. The van der Waals surface area contributed by atoms with Crippen LogP contribution in [0.5, 0.6) is 0 Å². The summed E-state index contributed by atoms with van der Waals surface area (Å²) in [5.41, 5.74) is 3.57. The quantitative estimate of drug-likeness (QED) is 0.406. The number of ether oxygens (including phenoxy) is 1. The Morgan fingerprint density at radius 3 is 2.65 bits per heavy atom. The number of esters is 1. The zero-order valence-electron chi connectivity index (χ0n) is 17.7. The van der Waals surface area contributed by atoms with Crippen LogP contribution in [0.25, 0.3) is 6.08 Å². The first kappa shape index (κ1) is 22.2. The molecule has 1 atom stereocenters. The van der Waals surface area contributed by atoms with E-state index >= 15 is 0 Å². The molecule has 6 nitrogen and oxygen atoms in total. The summed E-state index contributed by atoms with van der Waals surface area (Å²) in [7, 11) is 1.80. The lowest BCUT2D eigenvalue weighted by atomic mass is 9.95. The zero-order valence-corrected chi connectivity index (χ0v) is 18.5. The maximum absolute atomic E-state index is 12.7. The lowest BCUT2D eigenvalue weighted by molar-refractivity contribution is -0.139. The molecule has 0 aromatic heterocycles. The topological polar surface area (TPSA) is 70.7 Å². The van der Waals surface area contributed by atoms with Crippen molar-refractivity contribution >= 4 is 41.0 Å². The lowest BCUT2D eigenvalue weighted by Crippen LogP contribution is -2.46. The molecule has 1 unspecified atom stereocenters. The number of carbonyl (C=O) groups excluding carboxylic acids is 2. The van der Waals surface area contributed by atoms with Crippen LogP contribution in [0.3, 0.4) is 0 Å². The third kappa shape index (κ3) is 5.38. The van der Waals surface area contributed by atoms with Gasteiger partial charge in [-0.15, -0.1) is 0 Å². The van der Waals surface area contributed by atoms with Gasteiger partial charge in [0.2, 0.25) is 5.91 Å². The molecule has 1 aliphatic rings. The van der Waals surface area contributed by atoms with Crippen LogP contribution in [-0.2, 0) is 14.3 Å². The maximum atomic E-state index is 12.7. The summed E-state index contributed by atoms with van der Waals surface area (Å²) >= 11 is 5.42. The Balaban J connectivity index is 1.84. The number of carbonyl (C=O) groups is 2. The van der Waals surface area contributed by atoms with Gasteiger partial charge in [0.1, 0.15) is 0 Å². The fourth-order valence-corrected chi connectivity index (χ4v) is 3.53. The van der Waals surface area contributed by atoms with Crippen molar-refractivity contribution in [1.29, 1.82) is 0 Å². The second kappa shape index (κ2) is 10.0. The number of nitrogens with one attached hydrogen (secondary N) is 2. The first-order valence-corrected chi connectivity index (χ1v) is 10.4. The van der Waals surface area contributed by atoms with Gasteiger partial charge in [-0.2, -0.15) is 0 Å². The molecule has 0 bridgehead atoms. The smallest absolute Gasteiger partial charge is 0.338 e. The average Bonchev–Trinajstić information content (AvgIpc) is 2.77. The van der Waals surface area contributed by atoms with E-state index in [0.29, 0.717) is 16.4 Å². The molecule has 0 spiro atoms. The van der Waals surface area contributed by atoms with Gasteiger partial charge >= 0.3 is 5.97 Å². The van der Waals surface area contributed by atoms with E-state index in [1.165, 1.54) is 6.08 Å². The number of hydrogen-bond donors (Lipinski definition) is 2. The van der Waals surface area contributed by atoms with E-state index in [1.807, 2.05) is 55.5 Å². The van der Waals surface area contributed by atoms with E-state index in [0.717, 1.165) is 16.8 Å². The number of nitrogens with zero attached hydrogens (tertiary/aromatic N) is 1.